The van der Waals surface area contributed by atoms with E-state index in [4.69, 9.17) is 0 Å². The molecule has 2 N–H and O–H groups in total. The van der Waals surface area contributed by atoms with Crippen LogP contribution in [-0.2, 0) is 14.8 Å². The minimum atomic E-state index is -3.27. The highest BCUT2D eigenvalue weighted by molar-refractivity contribution is 7.89. The first-order chi connectivity index (χ1) is 11.3. The molecule has 1 atom stereocenters. The number of sulfonamides is 1. The number of aryl methyl sites for hydroxylation is 2. The molecule has 1 aliphatic rings. The normalized spacial score (nSPS) is 19.0. The molecule has 1 fully saturated rings. The Hall–Kier alpha value is -1.74. The summed E-state index contributed by atoms with van der Waals surface area (Å²) in [5, 5.41) is 0. The van der Waals surface area contributed by atoms with Gasteiger partial charge >= 0.3 is 0 Å². The number of carbonyl (C=O) groups excluding carboxylic acids is 1. The smallest absolute Gasteiger partial charge is 0.242 e. The first-order valence-electron chi connectivity index (χ1n) is 8.18. The van der Waals surface area contributed by atoms with Crippen LogP contribution in [0.15, 0.2) is 6.07 Å². The molecule has 1 aliphatic heterocycles. The van der Waals surface area contributed by atoms with E-state index in [1.807, 2.05) is 26.8 Å². The summed E-state index contributed by atoms with van der Waals surface area (Å²) in [6.07, 6.45) is 1.92. The van der Waals surface area contributed by atoms with E-state index in [1.165, 1.54) is 4.31 Å². The van der Waals surface area contributed by atoms with Gasteiger partial charge < -0.3 is 0 Å². The number of hydrogen-bond donors (Lipinski definition) is 2. The highest BCUT2D eigenvalue weighted by atomic mass is 32.2. The van der Waals surface area contributed by atoms with Gasteiger partial charge in [0.25, 0.3) is 0 Å². The standard InChI is InChI=1S/C15H25N5O3S/c1-4-8-24(22,23)20-7-5-6-13(10-20)14(21)18-19-15-16-11(2)9-12(3)17-15/h9,13H,4-8,10H2,1-3H3,(H,18,21)(H,16,17,19). The van der Waals surface area contributed by atoms with Crippen LogP contribution in [-0.4, -0.2) is 47.4 Å². The van der Waals surface area contributed by atoms with Gasteiger partial charge in [-0.25, -0.2) is 22.7 Å². The van der Waals surface area contributed by atoms with Crippen molar-refractivity contribution in [2.45, 2.75) is 40.0 Å². The van der Waals surface area contributed by atoms with Gasteiger partial charge in [0.2, 0.25) is 21.9 Å². The maximum atomic E-state index is 12.3. The lowest BCUT2D eigenvalue weighted by Crippen LogP contribution is -2.47. The van der Waals surface area contributed by atoms with E-state index in [2.05, 4.69) is 20.8 Å². The number of hydrogen-bond acceptors (Lipinski definition) is 6. The predicted molar refractivity (Wildman–Crippen MR) is 91.6 cm³/mol. The topological polar surface area (TPSA) is 104 Å². The number of nitrogens with zero attached hydrogens (tertiary/aromatic N) is 3. The Morgan fingerprint density at radius 2 is 2.00 bits per heavy atom. The van der Waals surface area contributed by atoms with E-state index < -0.39 is 10.0 Å². The SMILES string of the molecule is CCCS(=O)(=O)N1CCCC(C(=O)NNc2nc(C)cc(C)n2)C1. The number of rotatable bonds is 6. The van der Waals surface area contributed by atoms with Crippen molar-refractivity contribution in [3.63, 3.8) is 0 Å². The Labute approximate surface area is 143 Å². The van der Waals surface area contributed by atoms with Crippen LogP contribution in [0.4, 0.5) is 5.95 Å². The molecule has 1 saturated heterocycles. The van der Waals surface area contributed by atoms with E-state index in [-0.39, 0.29) is 24.1 Å². The van der Waals surface area contributed by atoms with Crippen LogP contribution in [0.5, 0.6) is 0 Å². The summed E-state index contributed by atoms with van der Waals surface area (Å²) in [5.74, 6) is -0.166. The highest BCUT2D eigenvalue weighted by Crippen LogP contribution is 2.20. The summed E-state index contributed by atoms with van der Waals surface area (Å²) in [4.78, 5) is 20.7. The fourth-order valence-electron chi connectivity index (χ4n) is 2.80. The zero-order chi connectivity index (χ0) is 17.7. The number of piperidine rings is 1. The van der Waals surface area contributed by atoms with Crippen LogP contribution in [0, 0.1) is 19.8 Å². The van der Waals surface area contributed by atoms with Gasteiger partial charge in [-0.2, -0.15) is 0 Å². The number of hydrazine groups is 1. The van der Waals surface area contributed by atoms with Crippen molar-refractivity contribution in [1.29, 1.82) is 0 Å². The fraction of sp³-hybridized carbons (Fsp3) is 0.667. The Bertz CT molecular complexity index is 672. The van der Waals surface area contributed by atoms with Crippen LogP contribution >= 0.6 is 0 Å². The fourth-order valence-corrected chi connectivity index (χ4v) is 4.39. The average molecular weight is 355 g/mol. The monoisotopic (exact) mass is 355 g/mol. The van der Waals surface area contributed by atoms with E-state index >= 15 is 0 Å². The second-order valence-electron chi connectivity index (χ2n) is 6.10. The molecule has 0 bridgehead atoms. The second-order valence-corrected chi connectivity index (χ2v) is 8.19. The zero-order valence-electron chi connectivity index (χ0n) is 14.4. The molecule has 8 nitrogen and oxygen atoms in total. The van der Waals surface area contributed by atoms with Gasteiger partial charge in [0.1, 0.15) is 0 Å². The molecule has 0 aromatic carbocycles. The van der Waals surface area contributed by atoms with Crippen molar-refractivity contribution in [2.75, 3.05) is 24.3 Å². The summed E-state index contributed by atoms with van der Waals surface area (Å²) >= 11 is 0. The summed E-state index contributed by atoms with van der Waals surface area (Å²) in [7, 11) is -3.27. The molecule has 1 amide bonds. The molecule has 134 valence electrons. The van der Waals surface area contributed by atoms with Gasteiger partial charge in [-0.05, 0) is 39.2 Å². The molecule has 0 spiro atoms. The minimum Gasteiger partial charge on any atom is -0.273 e. The van der Waals surface area contributed by atoms with Crippen molar-refractivity contribution >= 4 is 21.9 Å². The van der Waals surface area contributed by atoms with Crippen molar-refractivity contribution in [2.24, 2.45) is 5.92 Å². The van der Waals surface area contributed by atoms with Crippen LogP contribution in [0.1, 0.15) is 37.6 Å². The van der Waals surface area contributed by atoms with E-state index in [9.17, 15) is 13.2 Å². The molecule has 0 aliphatic carbocycles. The Morgan fingerprint density at radius 3 is 2.62 bits per heavy atom. The predicted octanol–water partition coefficient (Wildman–Crippen LogP) is 0.988. The number of nitrogens with one attached hydrogen (secondary N) is 2. The lowest BCUT2D eigenvalue weighted by atomic mass is 9.99. The maximum Gasteiger partial charge on any atom is 0.242 e. The van der Waals surface area contributed by atoms with Gasteiger partial charge in [-0.1, -0.05) is 6.92 Å². The lowest BCUT2D eigenvalue weighted by molar-refractivity contribution is -0.125. The van der Waals surface area contributed by atoms with Crippen molar-refractivity contribution < 1.29 is 13.2 Å². The third-order valence-electron chi connectivity index (χ3n) is 3.89. The third-order valence-corrected chi connectivity index (χ3v) is 5.93. The first-order valence-corrected chi connectivity index (χ1v) is 9.78. The molecule has 24 heavy (non-hydrogen) atoms. The Kier molecular flexibility index (Phi) is 6.11. The average Bonchev–Trinajstić information content (AvgIpc) is 2.52. The largest absolute Gasteiger partial charge is 0.273 e. The van der Waals surface area contributed by atoms with Gasteiger partial charge in [0, 0.05) is 24.5 Å². The lowest BCUT2D eigenvalue weighted by Gasteiger charge is -2.31. The van der Waals surface area contributed by atoms with Crippen LogP contribution in [0.2, 0.25) is 0 Å². The Balaban J connectivity index is 1.94. The summed E-state index contributed by atoms with van der Waals surface area (Å²) in [6, 6.07) is 1.84. The molecule has 0 saturated carbocycles. The first kappa shape index (κ1) is 18.6. The number of amides is 1. The molecular formula is C15H25N5O3S. The molecule has 1 aromatic heterocycles. The highest BCUT2D eigenvalue weighted by Gasteiger charge is 2.31. The molecular weight excluding hydrogens is 330 g/mol. The van der Waals surface area contributed by atoms with Crippen LogP contribution in [0.3, 0.4) is 0 Å². The summed E-state index contributed by atoms with van der Waals surface area (Å²) in [5.41, 5.74) is 6.90. The number of anilines is 1. The molecule has 2 heterocycles. The van der Waals surface area contributed by atoms with Gasteiger partial charge in [0.05, 0.1) is 11.7 Å². The van der Waals surface area contributed by atoms with Crippen molar-refractivity contribution in [3.8, 4) is 0 Å². The third kappa shape index (κ3) is 4.88. The van der Waals surface area contributed by atoms with Crippen molar-refractivity contribution in [3.05, 3.63) is 17.5 Å². The summed E-state index contributed by atoms with van der Waals surface area (Å²) in [6.45, 7) is 6.24. The second kappa shape index (κ2) is 7.89. The van der Waals surface area contributed by atoms with E-state index in [1.54, 1.807) is 0 Å². The van der Waals surface area contributed by atoms with Gasteiger partial charge in [-0.3, -0.25) is 15.6 Å². The maximum absolute atomic E-state index is 12.3. The molecule has 9 heteroatoms. The van der Waals surface area contributed by atoms with E-state index in [0.29, 0.717) is 31.8 Å². The number of aromatic nitrogens is 2. The minimum absolute atomic E-state index is 0.121. The zero-order valence-corrected chi connectivity index (χ0v) is 15.2. The van der Waals surface area contributed by atoms with Crippen LogP contribution in [0.25, 0.3) is 0 Å². The summed E-state index contributed by atoms with van der Waals surface area (Å²) < 4.78 is 25.8. The van der Waals surface area contributed by atoms with E-state index in [0.717, 1.165) is 11.4 Å². The molecule has 2 rings (SSSR count). The molecule has 0 radical (unpaired) electrons. The Morgan fingerprint density at radius 1 is 1.33 bits per heavy atom. The molecule has 1 aromatic rings. The number of carbonyl (C=O) groups is 1. The van der Waals surface area contributed by atoms with Crippen molar-refractivity contribution in [1.82, 2.24) is 19.7 Å². The van der Waals surface area contributed by atoms with Gasteiger partial charge in [-0.15, -0.1) is 0 Å². The molecule has 1 unspecified atom stereocenters. The quantitative estimate of drug-likeness (QED) is 0.738. The van der Waals surface area contributed by atoms with Gasteiger partial charge in [0.15, 0.2) is 0 Å². The van der Waals surface area contributed by atoms with Crippen LogP contribution < -0.4 is 10.9 Å².